The summed E-state index contributed by atoms with van der Waals surface area (Å²) in [7, 11) is -1.90. The molecule has 0 amide bonds. The van der Waals surface area contributed by atoms with Gasteiger partial charge in [0, 0.05) is 5.75 Å². The van der Waals surface area contributed by atoms with Crippen LogP contribution in [0.4, 0.5) is 0 Å². The topological polar surface area (TPSA) is 44.1 Å². The molecule has 29 heavy (non-hydrogen) atoms. The van der Waals surface area contributed by atoms with Gasteiger partial charge >= 0.3 is 0 Å². The number of aryl methyl sites for hydroxylation is 1. The fraction of sp³-hybridized carbons (Fsp3) is 0.545. The Bertz CT molecular complexity index is 914. The highest BCUT2D eigenvalue weighted by Gasteiger charge is 2.39. The van der Waals surface area contributed by atoms with E-state index in [4.69, 9.17) is 16.0 Å². The van der Waals surface area contributed by atoms with E-state index in [1.54, 1.807) is 18.0 Å². The van der Waals surface area contributed by atoms with Gasteiger partial charge in [0.25, 0.3) is 5.56 Å². The van der Waals surface area contributed by atoms with Crippen LogP contribution in [0.15, 0.2) is 40.2 Å². The Morgan fingerprint density at radius 1 is 1.14 bits per heavy atom. The van der Waals surface area contributed by atoms with Crippen LogP contribution in [0, 0.1) is 0 Å². The van der Waals surface area contributed by atoms with Gasteiger partial charge in [0.1, 0.15) is 10.8 Å². The second-order valence-corrected chi connectivity index (χ2v) is 16.0. The molecular weight excluding hydrogens is 420 g/mol. The lowest BCUT2D eigenvalue weighted by molar-refractivity contribution is 0.336. The van der Waals surface area contributed by atoms with Crippen molar-refractivity contribution >= 4 is 31.7 Å². The number of hydrogen-bond donors (Lipinski definition) is 0. The van der Waals surface area contributed by atoms with E-state index in [0.717, 1.165) is 22.8 Å². The highest BCUT2D eigenvalue weighted by Crippen LogP contribution is 2.38. The molecule has 2 rings (SSSR count). The molecule has 0 saturated carbocycles. The molecule has 0 radical (unpaired) electrons. The second-order valence-electron chi connectivity index (χ2n) is 9.78. The number of hydrogen-bond acceptors (Lipinski definition) is 4. The Kier molecular flexibility index (Phi) is 7.34. The molecule has 160 valence electrons. The summed E-state index contributed by atoms with van der Waals surface area (Å²) in [4.78, 5) is 13.2. The lowest BCUT2D eigenvalue weighted by Gasteiger charge is -2.37. The van der Waals surface area contributed by atoms with E-state index in [1.807, 2.05) is 32.9 Å². The number of thioether (sulfide) groups is 1. The highest BCUT2D eigenvalue weighted by molar-refractivity contribution is 7.99. The third kappa shape index (κ3) is 5.89. The maximum Gasteiger partial charge on any atom is 0.287 e. The zero-order chi connectivity index (χ0) is 22.0. The molecule has 0 unspecified atom stereocenters. The molecule has 0 aliphatic rings. The van der Waals surface area contributed by atoms with Crippen molar-refractivity contribution < 1.29 is 4.43 Å². The maximum atomic E-state index is 12.5. The predicted octanol–water partition coefficient (Wildman–Crippen LogP) is 6.37. The number of nitrogens with zero attached hydrogens (tertiary/aromatic N) is 2. The van der Waals surface area contributed by atoms with E-state index < -0.39 is 13.9 Å². The van der Waals surface area contributed by atoms with Crippen molar-refractivity contribution in [3.8, 4) is 5.75 Å². The highest BCUT2D eigenvalue weighted by atomic mass is 35.5. The van der Waals surface area contributed by atoms with Crippen LogP contribution in [0.2, 0.25) is 23.2 Å². The molecule has 1 aromatic carbocycles. The summed E-state index contributed by atoms with van der Waals surface area (Å²) in [5, 5.41) is 4.69. The summed E-state index contributed by atoms with van der Waals surface area (Å²) < 4.78 is 7.97. The van der Waals surface area contributed by atoms with E-state index >= 15 is 0 Å². The Balaban J connectivity index is 2.13. The quantitative estimate of drug-likeness (QED) is 0.377. The average Bonchev–Trinajstić information content (AvgIpc) is 2.57. The van der Waals surface area contributed by atoms with Gasteiger partial charge in [-0.05, 0) is 57.0 Å². The zero-order valence-corrected chi connectivity index (χ0v) is 21.4. The summed E-state index contributed by atoms with van der Waals surface area (Å²) in [6.45, 7) is 17.0. The molecule has 0 bridgehead atoms. The summed E-state index contributed by atoms with van der Waals surface area (Å²) in [5.41, 5.74) is 0.534. The molecule has 0 aliphatic carbocycles. The first-order chi connectivity index (χ1) is 13.2. The molecule has 0 aliphatic heterocycles. The van der Waals surface area contributed by atoms with Gasteiger partial charge in [0.05, 0.1) is 16.6 Å². The number of aromatic nitrogens is 2. The van der Waals surface area contributed by atoms with E-state index in [1.165, 1.54) is 10.2 Å². The summed E-state index contributed by atoms with van der Waals surface area (Å²) in [6, 6.07) is 8.23. The van der Waals surface area contributed by atoms with Gasteiger partial charge in [-0.1, -0.05) is 50.6 Å². The number of para-hydroxylation sites is 1. The van der Waals surface area contributed by atoms with E-state index in [0.29, 0.717) is 0 Å². The molecule has 0 N–H and O–H groups in total. The third-order valence-corrected chi connectivity index (χ3v) is 11.1. The van der Waals surface area contributed by atoms with Crippen LogP contribution in [-0.4, -0.2) is 23.9 Å². The SMILES string of the molecule is CC(C)(C)n1ncc(SCCc2ccccc2O[Si](C)(C)C(C)(C)C)c(Cl)c1=O. The zero-order valence-electron chi connectivity index (χ0n) is 18.8. The molecule has 0 saturated heterocycles. The molecule has 7 heteroatoms. The van der Waals surface area contributed by atoms with Crippen LogP contribution in [0.1, 0.15) is 47.1 Å². The van der Waals surface area contributed by atoms with E-state index in [-0.39, 0.29) is 15.6 Å². The first-order valence-corrected chi connectivity index (χ1v) is 14.2. The Labute approximate surface area is 185 Å². The van der Waals surface area contributed by atoms with Crippen LogP contribution in [0.5, 0.6) is 5.75 Å². The van der Waals surface area contributed by atoms with Crippen molar-refractivity contribution in [3.05, 3.63) is 51.4 Å². The lowest BCUT2D eigenvalue weighted by Crippen LogP contribution is -2.44. The van der Waals surface area contributed by atoms with Gasteiger partial charge < -0.3 is 4.43 Å². The lowest BCUT2D eigenvalue weighted by atomic mass is 10.1. The molecular formula is C22H33ClN2O2SSi. The molecule has 0 fully saturated rings. The summed E-state index contributed by atoms with van der Waals surface area (Å²) >= 11 is 7.90. The van der Waals surface area contributed by atoms with Crippen molar-refractivity contribution in [1.82, 2.24) is 9.78 Å². The van der Waals surface area contributed by atoms with E-state index in [2.05, 4.69) is 51.1 Å². The number of rotatable bonds is 6. The Morgan fingerprint density at radius 2 is 1.76 bits per heavy atom. The third-order valence-electron chi connectivity index (χ3n) is 5.30. The van der Waals surface area contributed by atoms with Crippen LogP contribution >= 0.6 is 23.4 Å². The van der Waals surface area contributed by atoms with Crippen molar-refractivity contribution in [2.75, 3.05) is 5.75 Å². The van der Waals surface area contributed by atoms with Gasteiger partial charge in [0.15, 0.2) is 0 Å². The van der Waals surface area contributed by atoms with Crippen molar-refractivity contribution in [3.63, 3.8) is 0 Å². The molecule has 0 atom stereocenters. The largest absolute Gasteiger partial charge is 0.543 e. The number of halogens is 1. The van der Waals surface area contributed by atoms with Crippen molar-refractivity contribution in [2.45, 2.75) is 76.5 Å². The fourth-order valence-electron chi connectivity index (χ4n) is 2.50. The minimum atomic E-state index is -1.90. The summed E-state index contributed by atoms with van der Waals surface area (Å²) in [5.74, 6) is 1.75. The first-order valence-electron chi connectivity index (χ1n) is 9.92. The van der Waals surface area contributed by atoms with E-state index in [9.17, 15) is 4.79 Å². The monoisotopic (exact) mass is 452 g/mol. The van der Waals surface area contributed by atoms with Gasteiger partial charge in [0.2, 0.25) is 8.32 Å². The maximum absolute atomic E-state index is 12.5. The molecule has 0 spiro atoms. The van der Waals surface area contributed by atoms with Crippen LogP contribution in [0.25, 0.3) is 0 Å². The van der Waals surface area contributed by atoms with Gasteiger partial charge in [-0.25, -0.2) is 4.68 Å². The van der Waals surface area contributed by atoms with Gasteiger partial charge in [-0.3, -0.25) is 4.79 Å². The van der Waals surface area contributed by atoms with Crippen LogP contribution < -0.4 is 9.99 Å². The van der Waals surface area contributed by atoms with Crippen molar-refractivity contribution in [2.24, 2.45) is 0 Å². The Hall–Kier alpha value is -1.24. The van der Waals surface area contributed by atoms with Crippen molar-refractivity contribution in [1.29, 1.82) is 0 Å². The van der Waals surface area contributed by atoms with Gasteiger partial charge in [-0.2, -0.15) is 5.10 Å². The molecule has 1 aromatic heterocycles. The fourth-order valence-corrected chi connectivity index (χ4v) is 4.73. The molecule has 4 nitrogen and oxygen atoms in total. The minimum absolute atomic E-state index is 0.144. The standard InChI is InChI=1S/C22H33ClN2O2SSi/c1-21(2,3)25-20(26)19(23)18(15-24-25)28-14-13-16-11-9-10-12-17(16)27-29(7,8)22(4,5)6/h9-12,15H,13-14H2,1-8H3. The smallest absolute Gasteiger partial charge is 0.287 e. The number of benzene rings is 1. The average molecular weight is 453 g/mol. The van der Waals surface area contributed by atoms with Gasteiger partial charge in [-0.15, -0.1) is 11.8 Å². The normalized spacial score (nSPS) is 12.9. The predicted molar refractivity (Wildman–Crippen MR) is 127 cm³/mol. The first kappa shape index (κ1) is 24.0. The molecule has 1 heterocycles. The summed E-state index contributed by atoms with van der Waals surface area (Å²) in [6.07, 6.45) is 2.52. The second kappa shape index (κ2) is 8.86. The Morgan fingerprint density at radius 3 is 2.34 bits per heavy atom. The molecule has 2 aromatic rings. The minimum Gasteiger partial charge on any atom is -0.543 e. The van der Waals surface area contributed by atoms with Crippen LogP contribution in [-0.2, 0) is 12.0 Å². The van der Waals surface area contributed by atoms with Crippen LogP contribution in [0.3, 0.4) is 0 Å².